The fraction of sp³-hybridized carbons (Fsp3) is 0.708. The molecule has 5 nitrogen and oxygen atoms in total. The number of benzene rings is 1. The number of Topliss-reactive ketones (excluding diaryl/α,β-unsaturated/α-hetero) is 1. The van der Waals surface area contributed by atoms with Gasteiger partial charge in [-0.15, -0.1) is 0 Å². The van der Waals surface area contributed by atoms with E-state index in [0.717, 1.165) is 43.3 Å². The second kappa shape index (κ2) is 5.98. The summed E-state index contributed by atoms with van der Waals surface area (Å²) in [5, 5.41) is 0. The minimum atomic E-state index is -0.447. The summed E-state index contributed by atoms with van der Waals surface area (Å²) in [6.07, 6.45) is 6.03. The summed E-state index contributed by atoms with van der Waals surface area (Å²) < 4.78 is 18.7. The molecule has 0 amide bonds. The Morgan fingerprint density at radius 1 is 1.24 bits per heavy atom. The first-order valence-electron chi connectivity index (χ1n) is 11.3. The number of ketones is 1. The zero-order valence-electron chi connectivity index (χ0n) is 17.7. The minimum absolute atomic E-state index is 0.166. The van der Waals surface area contributed by atoms with Crippen LogP contribution in [0.4, 0.5) is 0 Å². The van der Waals surface area contributed by atoms with E-state index < -0.39 is 17.1 Å². The van der Waals surface area contributed by atoms with Crippen LogP contribution in [0.1, 0.15) is 50.2 Å². The lowest BCUT2D eigenvalue weighted by molar-refractivity contribution is -0.224. The first kappa shape index (κ1) is 18.2. The molecular formula is C24H31NO4. The Morgan fingerprint density at radius 3 is 2.76 bits per heavy atom. The first-order valence-corrected chi connectivity index (χ1v) is 11.3. The zero-order chi connectivity index (χ0) is 20.0. The van der Waals surface area contributed by atoms with E-state index in [2.05, 4.69) is 17.9 Å². The molecule has 2 bridgehead atoms. The highest BCUT2D eigenvalue weighted by Crippen LogP contribution is 2.67. The fourth-order valence-electron chi connectivity index (χ4n) is 7.69. The van der Waals surface area contributed by atoms with Gasteiger partial charge in [0, 0.05) is 31.7 Å². The van der Waals surface area contributed by atoms with E-state index >= 15 is 0 Å². The smallest absolute Gasteiger partial charge is 0.174 e. The molecule has 6 rings (SSSR count). The van der Waals surface area contributed by atoms with Crippen LogP contribution >= 0.6 is 0 Å². The number of hydrogen-bond donors (Lipinski definition) is 0. The molecule has 1 aromatic carbocycles. The van der Waals surface area contributed by atoms with Crippen molar-refractivity contribution >= 4 is 5.78 Å². The van der Waals surface area contributed by atoms with Crippen molar-refractivity contribution < 1.29 is 19.0 Å². The maximum atomic E-state index is 13.3. The van der Waals surface area contributed by atoms with E-state index in [1.54, 1.807) is 7.11 Å². The summed E-state index contributed by atoms with van der Waals surface area (Å²) in [5.74, 6) is 2.75. The summed E-state index contributed by atoms with van der Waals surface area (Å²) in [4.78, 5) is 16.0. The third kappa shape index (κ3) is 1.97. The van der Waals surface area contributed by atoms with Gasteiger partial charge in [0.25, 0.3) is 0 Å². The van der Waals surface area contributed by atoms with E-state index in [9.17, 15) is 4.79 Å². The Labute approximate surface area is 172 Å². The van der Waals surface area contributed by atoms with Crippen molar-refractivity contribution in [2.75, 3.05) is 27.3 Å². The molecule has 156 valence electrons. The highest BCUT2D eigenvalue weighted by molar-refractivity contribution is 5.90. The third-order valence-corrected chi connectivity index (χ3v) is 8.98. The van der Waals surface area contributed by atoms with E-state index in [4.69, 9.17) is 14.2 Å². The number of nitrogens with zero attached hydrogens (tertiary/aromatic N) is 1. The number of piperidine rings is 1. The molecule has 0 unspecified atom stereocenters. The number of hydrogen-bond acceptors (Lipinski definition) is 5. The normalized spacial score (nSPS) is 40.2. The second-order valence-corrected chi connectivity index (χ2v) is 9.93. The standard InChI is InChI=1S/C24H31NO4/c1-14-11-17(26)22-23-9-10-25(13-15-5-4-6-15)19(24(14,23)28-3)12-16-7-8-18(27-2)21(29-22)20(16)23/h7-8,14-15,19,22H,4-6,9-13H2,1-3H3/t14-,19-,22-,23+,24-/m1/s1. The summed E-state index contributed by atoms with van der Waals surface area (Å²) in [6, 6.07) is 4.51. The van der Waals surface area contributed by atoms with Crippen molar-refractivity contribution in [1.82, 2.24) is 4.90 Å². The molecular weight excluding hydrogens is 366 g/mol. The highest BCUT2D eigenvalue weighted by Gasteiger charge is 2.76. The highest BCUT2D eigenvalue weighted by atomic mass is 16.5. The van der Waals surface area contributed by atoms with Crippen molar-refractivity contribution in [3.63, 3.8) is 0 Å². The van der Waals surface area contributed by atoms with Crippen LogP contribution in [0.3, 0.4) is 0 Å². The lowest BCUT2D eigenvalue weighted by atomic mass is 9.46. The Morgan fingerprint density at radius 2 is 2.07 bits per heavy atom. The van der Waals surface area contributed by atoms with Gasteiger partial charge >= 0.3 is 0 Å². The lowest BCUT2D eigenvalue weighted by Gasteiger charge is -2.66. The number of ether oxygens (including phenoxy) is 3. The number of likely N-dealkylation sites (tertiary alicyclic amines) is 1. The maximum absolute atomic E-state index is 13.3. The molecule has 3 fully saturated rings. The number of carbonyl (C=O) groups is 1. The molecule has 29 heavy (non-hydrogen) atoms. The van der Waals surface area contributed by atoms with Gasteiger partial charge in [0.1, 0.15) is 5.60 Å². The number of methoxy groups -OCH3 is 2. The van der Waals surface area contributed by atoms with Crippen molar-refractivity contribution in [3.8, 4) is 11.5 Å². The molecule has 0 N–H and O–H groups in total. The SMILES string of the molecule is COc1ccc2c3c1O[C@@H]1C(=O)C[C@@H](C)[C@@]4(OC)[C@@H](C2)N(CC2CCC2)CC[C@]314. The van der Waals surface area contributed by atoms with Gasteiger partial charge in [-0.3, -0.25) is 9.69 Å². The quantitative estimate of drug-likeness (QED) is 0.781. The predicted molar refractivity (Wildman–Crippen MR) is 109 cm³/mol. The van der Waals surface area contributed by atoms with Crippen LogP contribution in [0.2, 0.25) is 0 Å². The molecule has 1 saturated heterocycles. The van der Waals surface area contributed by atoms with Crippen LogP contribution in [-0.2, 0) is 21.4 Å². The van der Waals surface area contributed by atoms with Gasteiger partial charge in [-0.2, -0.15) is 0 Å². The van der Waals surface area contributed by atoms with Crippen molar-refractivity contribution in [2.45, 2.75) is 68.6 Å². The van der Waals surface area contributed by atoms with Crippen LogP contribution < -0.4 is 9.47 Å². The Balaban J connectivity index is 1.58. The van der Waals surface area contributed by atoms with Crippen LogP contribution in [0, 0.1) is 11.8 Å². The van der Waals surface area contributed by atoms with Gasteiger partial charge in [0.2, 0.25) is 0 Å². The van der Waals surface area contributed by atoms with Crippen molar-refractivity contribution in [3.05, 3.63) is 23.3 Å². The van der Waals surface area contributed by atoms with Gasteiger partial charge in [-0.25, -0.2) is 0 Å². The average molecular weight is 398 g/mol. The summed E-state index contributed by atoms with van der Waals surface area (Å²) in [7, 11) is 3.55. The molecule has 2 aliphatic heterocycles. The lowest BCUT2D eigenvalue weighted by Crippen LogP contribution is -2.79. The van der Waals surface area contributed by atoms with Gasteiger partial charge in [0.05, 0.1) is 12.5 Å². The largest absolute Gasteiger partial charge is 0.493 e. The second-order valence-electron chi connectivity index (χ2n) is 9.93. The van der Waals surface area contributed by atoms with Crippen LogP contribution in [0.5, 0.6) is 11.5 Å². The molecule has 1 aromatic rings. The van der Waals surface area contributed by atoms with Crippen LogP contribution in [0.25, 0.3) is 0 Å². The summed E-state index contributed by atoms with van der Waals surface area (Å²) in [6.45, 7) is 4.40. The zero-order valence-corrected chi connectivity index (χ0v) is 17.7. The minimum Gasteiger partial charge on any atom is -0.493 e. The number of carbonyl (C=O) groups excluding carboxylic acids is 1. The van der Waals surface area contributed by atoms with Crippen molar-refractivity contribution in [2.24, 2.45) is 11.8 Å². The summed E-state index contributed by atoms with van der Waals surface area (Å²) >= 11 is 0. The monoisotopic (exact) mass is 397 g/mol. The van der Waals surface area contributed by atoms with Gasteiger partial charge in [0.15, 0.2) is 23.4 Å². The molecule has 5 heteroatoms. The molecule has 1 spiro atoms. The molecule has 5 atom stereocenters. The van der Waals surface area contributed by atoms with E-state index in [1.807, 2.05) is 13.2 Å². The summed E-state index contributed by atoms with van der Waals surface area (Å²) in [5.41, 5.74) is 1.75. The van der Waals surface area contributed by atoms with E-state index in [1.165, 1.54) is 30.4 Å². The predicted octanol–water partition coefficient (Wildman–Crippen LogP) is 3.12. The molecule has 3 aliphatic carbocycles. The van der Waals surface area contributed by atoms with Crippen LogP contribution in [0.15, 0.2) is 12.1 Å². The molecule has 2 heterocycles. The van der Waals surface area contributed by atoms with Gasteiger partial charge in [-0.1, -0.05) is 19.4 Å². The molecule has 0 radical (unpaired) electrons. The Hall–Kier alpha value is -1.59. The third-order valence-electron chi connectivity index (χ3n) is 8.98. The average Bonchev–Trinajstić information content (AvgIpc) is 3.03. The molecule has 0 aromatic heterocycles. The maximum Gasteiger partial charge on any atom is 0.174 e. The van der Waals surface area contributed by atoms with Gasteiger partial charge < -0.3 is 14.2 Å². The molecule has 5 aliphatic rings. The fourth-order valence-corrected chi connectivity index (χ4v) is 7.69. The topological polar surface area (TPSA) is 48.0 Å². The van der Waals surface area contributed by atoms with E-state index in [-0.39, 0.29) is 11.7 Å². The van der Waals surface area contributed by atoms with E-state index in [0.29, 0.717) is 12.5 Å². The number of rotatable bonds is 4. The Bertz CT molecular complexity index is 880. The Kier molecular flexibility index (Phi) is 3.75. The van der Waals surface area contributed by atoms with Crippen molar-refractivity contribution in [1.29, 1.82) is 0 Å². The first-order chi connectivity index (χ1) is 14.1. The molecule has 2 saturated carbocycles. The van der Waals surface area contributed by atoms with Crippen LogP contribution in [-0.4, -0.2) is 55.7 Å². The van der Waals surface area contributed by atoms with Gasteiger partial charge in [-0.05, 0) is 55.7 Å².